The molecule has 0 bridgehead atoms. The SMILES string of the molecule is NCC(F)Cc1cccc(C=Cc2c(Cl)cccc2Cl)c1. The van der Waals surface area contributed by atoms with Gasteiger partial charge in [0.2, 0.25) is 0 Å². The molecule has 0 aliphatic heterocycles. The van der Waals surface area contributed by atoms with E-state index in [0.29, 0.717) is 16.5 Å². The molecule has 0 spiro atoms. The summed E-state index contributed by atoms with van der Waals surface area (Å²) in [5.74, 6) is 0. The van der Waals surface area contributed by atoms with Crippen LogP contribution in [0.25, 0.3) is 12.2 Å². The van der Waals surface area contributed by atoms with Gasteiger partial charge in [-0.15, -0.1) is 0 Å². The first-order valence-corrected chi connectivity index (χ1v) is 7.41. The van der Waals surface area contributed by atoms with Gasteiger partial charge in [0.1, 0.15) is 6.17 Å². The molecular weight excluding hydrogens is 308 g/mol. The summed E-state index contributed by atoms with van der Waals surface area (Å²) in [6.07, 6.45) is 3.08. The Hall–Kier alpha value is -1.35. The lowest BCUT2D eigenvalue weighted by Crippen LogP contribution is -2.17. The minimum atomic E-state index is -1.01. The van der Waals surface area contributed by atoms with Crippen molar-refractivity contribution in [3.63, 3.8) is 0 Å². The minimum absolute atomic E-state index is 0.0370. The van der Waals surface area contributed by atoms with E-state index in [4.69, 9.17) is 28.9 Å². The molecule has 1 unspecified atom stereocenters. The second-order valence-electron chi connectivity index (χ2n) is 4.75. The van der Waals surface area contributed by atoms with Crippen molar-refractivity contribution in [2.75, 3.05) is 6.54 Å². The molecule has 0 heterocycles. The van der Waals surface area contributed by atoms with Gasteiger partial charge in [-0.25, -0.2) is 4.39 Å². The second-order valence-corrected chi connectivity index (χ2v) is 5.57. The molecule has 1 atom stereocenters. The summed E-state index contributed by atoms with van der Waals surface area (Å²) in [7, 11) is 0. The monoisotopic (exact) mass is 323 g/mol. The fourth-order valence-electron chi connectivity index (χ4n) is 2.01. The van der Waals surface area contributed by atoms with Gasteiger partial charge in [0.25, 0.3) is 0 Å². The molecule has 110 valence electrons. The van der Waals surface area contributed by atoms with Gasteiger partial charge in [-0.2, -0.15) is 0 Å². The van der Waals surface area contributed by atoms with E-state index < -0.39 is 6.17 Å². The Bertz CT molecular complexity index is 620. The fraction of sp³-hybridized carbons (Fsp3) is 0.176. The van der Waals surface area contributed by atoms with Gasteiger partial charge in [-0.05, 0) is 23.3 Å². The van der Waals surface area contributed by atoms with Crippen molar-refractivity contribution in [3.8, 4) is 0 Å². The van der Waals surface area contributed by atoms with Crippen LogP contribution >= 0.6 is 23.2 Å². The number of hydrogen-bond acceptors (Lipinski definition) is 1. The van der Waals surface area contributed by atoms with Crippen LogP contribution in [0, 0.1) is 0 Å². The first kappa shape index (κ1) is 16.0. The number of benzene rings is 2. The molecule has 2 aromatic rings. The summed E-state index contributed by atoms with van der Waals surface area (Å²) in [4.78, 5) is 0. The summed E-state index contributed by atoms with van der Waals surface area (Å²) in [5.41, 5.74) is 7.96. The zero-order chi connectivity index (χ0) is 15.2. The molecule has 1 nitrogen and oxygen atoms in total. The Balaban J connectivity index is 2.19. The van der Waals surface area contributed by atoms with Crippen LogP contribution in [0.4, 0.5) is 4.39 Å². The smallest absolute Gasteiger partial charge is 0.116 e. The third-order valence-electron chi connectivity index (χ3n) is 3.11. The van der Waals surface area contributed by atoms with E-state index in [1.54, 1.807) is 18.2 Å². The minimum Gasteiger partial charge on any atom is -0.328 e. The Kier molecular flexibility index (Phi) is 5.80. The lowest BCUT2D eigenvalue weighted by molar-refractivity contribution is 0.340. The fourth-order valence-corrected chi connectivity index (χ4v) is 2.54. The third-order valence-corrected chi connectivity index (χ3v) is 3.77. The Morgan fingerprint density at radius 3 is 2.38 bits per heavy atom. The molecule has 0 aliphatic carbocycles. The standard InChI is InChI=1S/C17H16Cl2FN/c18-16-5-2-6-17(19)15(16)8-7-12-3-1-4-13(9-12)10-14(20)11-21/h1-9,14H,10-11,21H2. The highest BCUT2D eigenvalue weighted by Gasteiger charge is 2.05. The van der Waals surface area contributed by atoms with Crippen molar-refractivity contribution in [2.45, 2.75) is 12.6 Å². The van der Waals surface area contributed by atoms with Crippen LogP contribution < -0.4 is 5.73 Å². The van der Waals surface area contributed by atoms with Gasteiger partial charge in [0, 0.05) is 28.6 Å². The molecule has 2 aromatic carbocycles. The van der Waals surface area contributed by atoms with Crippen LogP contribution in [0.5, 0.6) is 0 Å². The highest BCUT2D eigenvalue weighted by atomic mass is 35.5. The molecule has 0 saturated heterocycles. The predicted octanol–water partition coefficient (Wildman–Crippen LogP) is 5.00. The van der Waals surface area contributed by atoms with E-state index in [1.807, 2.05) is 36.4 Å². The van der Waals surface area contributed by atoms with Crippen LogP contribution in [0.3, 0.4) is 0 Å². The highest BCUT2D eigenvalue weighted by Crippen LogP contribution is 2.26. The number of hydrogen-bond donors (Lipinski definition) is 1. The van der Waals surface area contributed by atoms with Gasteiger partial charge in [-0.3, -0.25) is 0 Å². The molecule has 0 saturated carbocycles. The maximum absolute atomic E-state index is 13.3. The second kappa shape index (κ2) is 7.60. The maximum Gasteiger partial charge on any atom is 0.116 e. The van der Waals surface area contributed by atoms with E-state index in [9.17, 15) is 4.39 Å². The third kappa shape index (κ3) is 4.57. The van der Waals surface area contributed by atoms with Crippen molar-refractivity contribution in [1.29, 1.82) is 0 Å². The topological polar surface area (TPSA) is 26.0 Å². The van der Waals surface area contributed by atoms with Crippen molar-refractivity contribution >= 4 is 35.4 Å². The van der Waals surface area contributed by atoms with Crippen LogP contribution in [0.15, 0.2) is 42.5 Å². The van der Waals surface area contributed by atoms with E-state index >= 15 is 0 Å². The van der Waals surface area contributed by atoms with Gasteiger partial charge in [-0.1, -0.05) is 65.7 Å². The van der Waals surface area contributed by atoms with Crippen LogP contribution in [-0.2, 0) is 6.42 Å². The highest BCUT2D eigenvalue weighted by molar-refractivity contribution is 6.37. The molecule has 21 heavy (non-hydrogen) atoms. The molecule has 2 N–H and O–H groups in total. The van der Waals surface area contributed by atoms with Crippen LogP contribution in [0.2, 0.25) is 10.0 Å². The molecule has 0 fully saturated rings. The summed E-state index contributed by atoms with van der Waals surface area (Å²) >= 11 is 12.2. The van der Waals surface area contributed by atoms with Gasteiger partial charge in [0.15, 0.2) is 0 Å². The normalized spacial score (nSPS) is 12.8. The number of alkyl halides is 1. The van der Waals surface area contributed by atoms with Crippen LogP contribution in [-0.4, -0.2) is 12.7 Å². The van der Waals surface area contributed by atoms with Crippen molar-refractivity contribution < 1.29 is 4.39 Å². The zero-order valence-electron chi connectivity index (χ0n) is 11.4. The van der Waals surface area contributed by atoms with Crippen molar-refractivity contribution in [1.82, 2.24) is 0 Å². The summed E-state index contributed by atoms with van der Waals surface area (Å²) in [5, 5.41) is 1.20. The maximum atomic E-state index is 13.3. The van der Waals surface area contributed by atoms with Gasteiger partial charge in [0.05, 0.1) is 0 Å². The number of nitrogens with two attached hydrogens (primary N) is 1. The molecular formula is C17H16Cl2FN. The number of rotatable bonds is 5. The zero-order valence-corrected chi connectivity index (χ0v) is 12.9. The summed E-state index contributed by atoms with van der Waals surface area (Å²) < 4.78 is 13.3. The predicted molar refractivity (Wildman–Crippen MR) is 89.5 cm³/mol. The average Bonchev–Trinajstić information content (AvgIpc) is 2.47. The van der Waals surface area contributed by atoms with Crippen LogP contribution in [0.1, 0.15) is 16.7 Å². The molecule has 0 aliphatic rings. The lowest BCUT2D eigenvalue weighted by atomic mass is 10.0. The molecule has 0 amide bonds. The van der Waals surface area contributed by atoms with Crippen molar-refractivity contribution in [2.24, 2.45) is 5.73 Å². The summed E-state index contributed by atoms with van der Waals surface area (Å²) in [6.45, 7) is 0.0370. The number of halogens is 3. The molecule has 2 rings (SSSR count). The molecule has 0 aromatic heterocycles. The van der Waals surface area contributed by atoms with Crippen molar-refractivity contribution in [3.05, 3.63) is 69.2 Å². The molecule has 4 heteroatoms. The lowest BCUT2D eigenvalue weighted by Gasteiger charge is -2.06. The summed E-state index contributed by atoms with van der Waals surface area (Å²) in [6, 6.07) is 13.0. The van der Waals surface area contributed by atoms with E-state index in [1.165, 1.54) is 0 Å². The van der Waals surface area contributed by atoms with Gasteiger partial charge < -0.3 is 5.73 Å². The van der Waals surface area contributed by atoms with E-state index in [0.717, 1.165) is 16.7 Å². The van der Waals surface area contributed by atoms with Gasteiger partial charge >= 0.3 is 0 Å². The first-order valence-electron chi connectivity index (χ1n) is 6.65. The first-order chi connectivity index (χ1) is 10.1. The Labute approximate surface area is 134 Å². The Morgan fingerprint density at radius 1 is 1.05 bits per heavy atom. The quantitative estimate of drug-likeness (QED) is 0.769. The average molecular weight is 324 g/mol. The van der Waals surface area contributed by atoms with E-state index in [2.05, 4.69) is 0 Å². The largest absolute Gasteiger partial charge is 0.328 e. The van der Waals surface area contributed by atoms with E-state index in [-0.39, 0.29) is 6.54 Å². The molecule has 0 radical (unpaired) electrons. The Morgan fingerprint density at radius 2 is 1.71 bits per heavy atom.